The summed E-state index contributed by atoms with van der Waals surface area (Å²) in [5.41, 5.74) is 1.41. The van der Waals surface area contributed by atoms with Gasteiger partial charge in [-0.3, -0.25) is 4.90 Å². The molecular weight excluding hydrogens is 272 g/mol. The largest absolute Gasteiger partial charge is 0.497 e. The minimum atomic E-state index is 0.712. The third-order valence-corrected chi connectivity index (χ3v) is 5.31. The summed E-state index contributed by atoms with van der Waals surface area (Å²) in [5.74, 6) is 1.86. The fourth-order valence-corrected chi connectivity index (χ4v) is 3.96. The summed E-state index contributed by atoms with van der Waals surface area (Å²) >= 11 is 0. The summed E-state index contributed by atoms with van der Waals surface area (Å²) in [6, 6.07) is 9.32. The van der Waals surface area contributed by atoms with E-state index in [1.165, 1.54) is 57.2 Å². The third kappa shape index (κ3) is 4.23. The molecule has 0 bridgehead atoms. The van der Waals surface area contributed by atoms with Gasteiger partial charge in [-0.1, -0.05) is 31.4 Å². The van der Waals surface area contributed by atoms with Crippen molar-refractivity contribution in [3.63, 3.8) is 0 Å². The van der Waals surface area contributed by atoms with Crippen molar-refractivity contribution in [3.05, 3.63) is 29.8 Å². The molecule has 1 aromatic carbocycles. The first-order valence-corrected chi connectivity index (χ1v) is 8.93. The van der Waals surface area contributed by atoms with Crippen molar-refractivity contribution in [2.24, 2.45) is 5.92 Å². The van der Waals surface area contributed by atoms with Gasteiger partial charge in [0.1, 0.15) is 5.75 Å². The van der Waals surface area contributed by atoms with Gasteiger partial charge in [0.15, 0.2) is 0 Å². The molecule has 0 spiro atoms. The highest BCUT2D eigenvalue weighted by Gasteiger charge is 2.25. The van der Waals surface area contributed by atoms with Crippen molar-refractivity contribution in [3.8, 4) is 5.75 Å². The molecule has 1 heterocycles. The number of ether oxygens (including phenoxy) is 1. The molecule has 1 aromatic rings. The summed E-state index contributed by atoms with van der Waals surface area (Å²) in [6.07, 6.45) is 8.47. The van der Waals surface area contributed by atoms with E-state index in [1.807, 2.05) is 0 Å². The SMILES string of the molecule is COc1ccc(CN(CC2CCCCC2)C2CCNC2)cc1. The first-order valence-electron chi connectivity index (χ1n) is 8.93. The minimum absolute atomic E-state index is 0.712. The molecule has 0 radical (unpaired) electrons. The highest BCUT2D eigenvalue weighted by molar-refractivity contribution is 5.27. The maximum atomic E-state index is 5.27. The van der Waals surface area contributed by atoms with Gasteiger partial charge in [-0.2, -0.15) is 0 Å². The Hall–Kier alpha value is -1.06. The van der Waals surface area contributed by atoms with Crippen LogP contribution in [0.3, 0.4) is 0 Å². The second-order valence-corrected chi connectivity index (χ2v) is 6.93. The second-order valence-electron chi connectivity index (χ2n) is 6.93. The Morgan fingerprint density at radius 2 is 1.86 bits per heavy atom. The van der Waals surface area contributed by atoms with Crippen LogP contribution in [0.25, 0.3) is 0 Å². The molecule has 22 heavy (non-hydrogen) atoms. The van der Waals surface area contributed by atoms with E-state index in [1.54, 1.807) is 7.11 Å². The van der Waals surface area contributed by atoms with Crippen LogP contribution in [0.5, 0.6) is 5.75 Å². The van der Waals surface area contributed by atoms with E-state index in [-0.39, 0.29) is 0 Å². The van der Waals surface area contributed by atoms with Crippen LogP contribution in [0.4, 0.5) is 0 Å². The molecule has 0 amide bonds. The monoisotopic (exact) mass is 302 g/mol. The Kier molecular flexibility index (Phi) is 5.74. The van der Waals surface area contributed by atoms with E-state index >= 15 is 0 Å². The summed E-state index contributed by atoms with van der Waals surface area (Å²) in [6.45, 7) is 4.68. The van der Waals surface area contributed by atoms with Gasteiger partial charge in [-0.25, -0.2) is 0 Å². The molecule has 3 heteroatoms. The maximum absolute atomic E-state index is 5.27. The highest BCUT2D eigenvalue weighted by atomic mass is 16.5. The third-order valence-electron chi connectivity index (χ3n) is 5.31. The molecule has 1 saturated heterocycles. The van der Waals surface area contributed by atoms with Gasteiger partial charge in [0.2, 0.25) is 0 Å². The number of hydrogen-bond acceptors (Lipinski definition) is 3. The van der Waals surface area contributed by atoms with E-state index in [2.05, 4.69) is 34.5 Å². The van der Waals surface area contributed by atoms with Crippen LogP contribution in [-0.4, -0.2) is 37.7 Å². The Balaban J connectivity index is 1.63. The molecule has 1 unspecified atom stereocenters. The van der Waals surface area contributed by atoms with Crippen LogP contribution in [0.15, 0.2) is 24.3 Å². The number of benzene rings is 1. The van der Waals surface area contributed by atoms with Crippen molar-refractivity contribution in [2.75, 3.05) is 26.7 Å². The number of hydrogen-bond donors (Lipinski definition) is 1. The van der Waals surface area contributed by atoms with Crippen molar-refractivity contribution in [2.45, 2.75) is 51.1 Å². The lowest BCUT2D eigenvalue weighted by Gasteiger charge is -2.33. The number of rotatable bonds is 6. The zero-order chi connectivity index (χ0) is 15.2. The van der Waals surface area contributed by atoms with Crippen molar-refractivity contribution < 1.29 is 4.74 Å². The van der Waals surface area contributed by atoms with Crippen LogP contribution >= 0.6 is 0 Å². The average molecular weight is 302 g/mol. The Morgan fingerprint density at radius 1 is 1.09 bits per heavy atom. The molecule has 2 aliphatic rings. The standard InChI is InChI=1S/C19H30N2O/c1-22-19-9-7-17(8-10-19)15-21(18-11-12-20-13-18)14-16-5-3-2-4-6-16/h7-10,16,18,20H,2-6,11-15H2,1H3. The van der Waals surface area contributed by atoms with E-state index in [4.69, 9.17) is 4.74 Å². The summed E-state index contributed by atoms with van der Waals surface area (Å²) in [4.78, 5) is 2.73. The van der Waals surface area contributed by atoms with Gasteiger partial charge in [0, 0.05) is 25.7 Å². The Morgan fingerprint density at radius 3 is 2.50 bits per heavy atom. The zero-order valence-electron chi connectivity index (χ0n) is 13.9. The molecule has 3 nitrogen and oxygen atoms in total. The first kappa shape index (κ1) is 15.8. The number of nitrogens with one attached hydrogen (secondary N) is 1. The zero-order valence-corrected chi connectivity index (χ0v) is 13.9. The highest BCUT2D eigenvalue weighted by Crippen LogP contribution is 2.26. The molecule has 1 aliphatic heterocycles. The Bertz CT molecular complexity index is 433. The molecule has 122 valence electrons. The molecule has 2 fully saturated rings. The van der Waals surface area contributed by atoms with E-state index in [0.29, 0.717) is 6.04 Å². The minimum Gasteiger partial charge on any atom is -0.497 e. The van der Waals surface area contributed by atoms with Crippen LogP contribution in [0.2, 0.25) is 0 Å². The van der Waals surface area contributed by atoms with Gasteiger partial charge < -0.3 is 10.1 Å². The van der Waals surface area contributed by atoms with Crippen molar-refractivity contribution >= 4 is 0 Å². The molecule has 0 aromatic heterocycles. The average Bonchev–Trinajstić information content (AvgIpc) is 3.10. The predicted octanol–water partition coefficient (Wildman–Crippen LogP) is 3.44. The van der Waals surface area contributed by atoms with Gasteiger partial charge in [0.25, 0.3) is 0 Å². The van der Waals surface area contributed by atoms with Crippen molar-refractivity contribution in [1.29, 1.82) is 0 Å². The van der Waals surface area contributed by atoms with E-state index in [9.17, 15) is 0 Å². The predicted molar refractivity (Wildman–Crippen MR) is 91.3 cm³/mol. The molecule has 1 saturated carbocycles. The normalized spacial score (nSPS) is 23.1. The molecular formula is C19H30N2O. The summed E-state index contributed by atoms with van der Waals surface area (Å²) < 4.78 is 5.27. The summed E-state index contributed by atoms with van der Waals surface area (Å²) in [7, 11) is 1.73. The molecule has 1 N–H and O–H groups in total. The maximum Gasteiger partial charge on any atom is 0.118 e. The van der Waals surface area contributed by atoms with Crippen molar-refractivity contribution in [1.82, 2.24) is 10.2 Å². The van der Waals surface area contributed by atoms with Gasteiger partial charge in [-0.05, 0) is 49.4 Å². The number of nitrogens with zero attached hydrogens (tertiary/aromatic N) is 1. The van der Waals surface area contributed by atoms with Crippen LogP contribution < -0.4 is 10.1 Å². The topological polar surface area (TPSA) is 24.5 Å². The Labute approximate surface area is 135 Å². The molecule has 1 atom stereocenters. The van der Waals surface area contributed by atoms with E-state index in [0.717, 1.165) is 24.8 Å². The molecule has 3 rings (SSSR count). The van der Waals surface area contributed by atoms with Crippen LogP contribution in [-0.2, 0) is 6.54 Å². The lowest BCUT2D eigenvalue weighted by atomic mass is 9.88. The van der Waals surface area contributed by atoms with Gasteiger partial charge in [-0.15, -0.1) is 0 Å². The van der Waals surface area contributed by atoms with Gasteiger partial charge in [0.05, 0.1) is 7.11 Å². The van der Waals surface area contributed by atoms with Crippen LogP contribution in [0.1, 0.15) is 44.1 Å². The van der Waals surface area contributed by atoms with Crippen LogP contribution in [0, 0.1) is 5.92 Å². The lowest BCUT2D eigenvalue weighted by molar-refractivity contribution is 0.149. The number of methoxy groups -OCH3 is 1. The fourth-order valence-electron chi connectivity index (χ4n) is 3.96. The quantitative estimate of drug-likeness (QED) is 0.871. The van der Waals surface area contributed by atoms with Gasteiger partial charge >= 0.3 is 0 Å². The smallest absolute Gasteiger partial charge is 0.118 e. The second kappa shape index (κ2) is 7.98. The summed E-state index contributed by atoms with van der Waals surface area (Å²) in [5, 5.41) is 3.53. The first-order chi connectivity index (χ1) is 10.8. The van der Waals surface area contributed by atoms with E-state index < -0.39 is 0 Å². The molecule has 1 aliphatic carbocycles. The fraction of sp³-hybridized carbons (Fsp3) is 0.684. The lowest BCUT2D eigenvalue weighted by Crippen LogP contribution is -2.40.